The summed E-state index contributed by atoms with van der Waals surface area (Å²) in [6.07, 6.45) is 0. The molecule has 1 N–H and O–H groups in total. The zero-order valence-corrected chi connectivity index (χ0v) is 34.9. The summed E-state index contributed by atoms with van der Waals surface area (Å²) >= 11 is 13.4. The van der Waals surface area contributed by atoms with E-state index in [0.717, 1.165) is 68.0 Å². The Kier molecular flexibility index (Phi) is 15.3. The van der Waals surface area contributed by atoms with Crippen LogP contribution in [-0.4, -0.2) is 10.9 Å². The number of carbonyl (C=O) groups is 1. The van der Waals surface area contributed by atoms with Crippen molar-refractivity contribution >= 4 is 69.5 Å². The summed E-state index contributed by atoms with van der Waals surface area (Å²) < 4.78 is 4.34. The third-order valence-corrected chi connectivity index (χ3v) is 10.4. The molecule has 0 fully saturated rings. The van der Waals surface area contributed by atoms with Gasteiger partial charge in [0, 0.05) is 35.7 Å². The molecule has 0 aliphatic heterocycles. The van der Waals surface area contributed by atoms with E-state index in [0.29, 0.717) is 0 Å². The maximum atomic E-state index is 11.9. The van der Waals surface area contributed by atoms with E-state index in [1.807, 2.05) is 158 Å². The molecule has 0 amide bonds. The summed E-state index contributed by atoms with van der Waals surface area (Å²) in [5, 5.41) is 11.5. The van der Waals surface area contributed by atoms with Gasteiger partial charge in [-0.1, -0.05) is 177 Å². The number of rotatable bonds is 1. The van der Waals surface area contributed by atoms with Crippen LogP contribution >= 0.6 is 63.7 Å². The Bertz CT molecular complexity index is 2120. The molecule has 7 heteroatoms. The zero-order chi connectivity index (χ0) is 35.1. The van der Waals surface area contributed by atoms with Crippen molar-refractivity contribution in [1.29, 1.82) is 0 Å². The summed E-state index contributed by atoms with van der Waals surface area (Å²) in [6.45, 7) is 0. The summed E-state index contributed by atoms with van der Waals surface area (Å²) in [5.74, 6) is 0.149. The Balaban J connectivity index is 0.000000169. The molecule has 254 valence electrons. The van der Waals surface area contributed by atoms with Crippen LogP contribution in [0.3, 0.4) is 0 Å². The first-order valence-corrected chi connectivity index (χ1v) is 18.9. The van der Waals surface area contributed by atoms with Crippen LogP contribution in [0.25, 0.3) is 22.3 Å². The monoisotopic (exact) mass is 927 g/mol. The Hall–Kier alpha value is -3.31. The molecule has 0 unspecified atom stereocenters. The van der Waals surface area contributed by atoms with Crippen LogP contribution in [0.5, 0.6) is 0 Å². The van der Waals surface area contributed by atoms with Crippen LogP contribution in [-0.2, 0) is 5.60 Å². The molecule has 0 bridgehead atoms. The summed E-state index contributed by atoms with van der Waals surface area (Å²) in [4.78, 5) is 11.9. The van der Waals surface area contributed by atoms with Gasteiger partial charge in [0.1, 0.15) is 5.60 Å². The van der Waals surface area contributed by atoms with Crippen molar-refractivity contribution in [1.82, 2.24) is 0 Å². The molecule has 9 rings (SSSR count). The first kappa shape index (κ1) is 41.4. The average Bonchev–Trinajstić information content (AvgIpc) is 3.60. The average molecular weight is 931 g/mol. The minimum atomic E-state index is -1.08. The fourth-order valence-electron chi connectivity index (χ4n) is 5.99. The van der Waals surface area contributed by atoms with Crippen LogP contribution in [0.4, 0.5) is 0 Å². The molecule has 7 aromatic carbocycles. The smallest absolute Gasteiger partial charge is 0.376 e. The van der Waals surface area contributed by atoms with Gasteiger partial charge in [-0.3, -0.25) is 4.79 Å². The summed E-state index contributed by atoms with van der Waals surface area (Å²) in [7, 11) is 0. The maximum absolute atomic E-state index is 11.9. The molecule has 2 aliphatic carbocycles. The van der Waals surface area contributed by atoms with E-state index >= 15 is 0 Å². The molecule has 2 aliphatic rings. The second kappa shape index (κ2) is 19.1. The zero-order valence-electron chi connectivity index (χ0n) is 28.5. The second-order valence-corrected chi connectivity index (χ2v) is 15.0. The molecule has 0 saturated carbocycles. The fourth-order valence-corrected chi connectivity index (χ4v) is 7.04. The van der Waals surface area contributed by atoms with Crippen LogP contribution in [0.1, 0.15) is 32.6 Å². The molecule has 2 nitrogen and oxygen atoms in total. The number of halogens is 4. The molecule has 52 heavy (non-hydrogen) atoms. The predicted octanol–water partition coefficient (Wildman–Crippen LogP) is 10.5. The molecule has 0 heterocycles. The first-order valence-electron chi connectivity index (χ1n) is 15.7. The van der Waals surface area contributed by atoms with Gasteiger partial charge in [0.25, 0.3) is 0 Å². The van der Waals surface area contributed by atoms with Crippen LogP contribution in [0.15, 0.2) is 188 Å². The fraction of sp³-hybridized carbons (Fsp3) is 0.0222. The van der Waals surface area contributed by atoms with E-state index in [1.54, 1.807) is 0 Å². The Morgan fingerprint density at radius 1 is 0.423 bits per heavy atom. The molecule has 0 radical (unpaired) electrons. The normalized spacial score (nSPS) is 11.8. The number of carbonyl (C=O) groups excluding carboxylic acids is 1. The van der Waals surface area contributed by atoms with Gasteiger partial charge in [0.05, 0.1) is 0 Å². The molecular weight excluding hydrogens is 899 g/mol. The van der Waals surface area contributed by atoms with Crippen molar-refractivity contribution in [2.24, 2.45) is 0 Å². The van der Waals surface area contributed by atoms with Gasteiger partial charge in [-0.25, -0.2) is 0 Å². The number of hydrogen-bond acceptors (Lipinski definition) is 2. The van der Waals surface area contributed by atoms with Gasteiger partial charge < -0.3 is 12.5 Å². The molecule has 0 saturated heterocycles. The van der Waals surface area contributed by atoms with Crippen LogP contribution in [0.2, 0.25) is 0 Å². The summed E-state index contributed by atoms with van der Waals surface area (Å²) in [5.41, 5.74) is 7.72. The van der Waals surface area contributed by atoms with E-state index in [-0.39, 0.29) is 32.1 Å². The third-order valence-electron chi connectivity index (χ3n) is 8.30. The maximum Gasteiger partial charge on any atom is 1.00 e. The van der Waals surface area contributed by atoms with Gasteiger partial charge in [-0.05, 0) is 64.2 Å². The SMILES string of the molecule is Brc1cc[c-]cc1.Brc1ccc(Br)cc1.O=C1c2ccccc2-c2ccccc21.OC1(c2ccc(Br)cc2)c2ccccc2-c2ccccc21.[CH3-].[Li+]. The molecule has 0 spiro atoms. The first-order chi connectivity index (χ1) is 24.3. The number of fused-ring (bicyclic) bond motifs is 6. The third kappa shape index (κ3) is 9.24. The van der Waals surface area contributed by atoms with E-state index in [9.17, 15) is 9.90 Å². The van der Waals surface area contributed by atoms with Crippen molar-refractivity contribution in [3.05, 3.63) is 229 Å². The predicted molar refractivity (Wildman–Crippen MR) is 225 cm³/mol. The van der Waals surface area contributed by atoms with Crippen LogP contribution in [0, 0.1) is 13.5 Å². The van der Waals surface area contributed by atoms with E-state index in [2.05, 4.69) is 81.9 Å². The number of hydrogen-bond donors (Lipinski definition) is 1. The van der Waals surface area contributed by atoms with Gasteiger partial charge >= 0.3 is 18.9 Å². The summed E-state index contributed by atoms with van der Waals surface area (Å²) in [6, 6.07) is 58.1. The second-order valence-electron chi connectivity index (χ2n) is 11.4. The van der Waals surface area contributed by atoms with Gasteiger partial charge in [0.2, 0.25) is 0 Å². The van der Waals surface area contributed by atoms with E-state index in [1.165, 1.54) is 0 Å². The van der Waals surface area contributed by atoms with Gasteiger partial charge in [0.15, 0.2) is 5.78 Å². The molecule has 7 aromatic rings. The van der Waals surface area contributed by atoms with Crippen molar-refractivity contribution in [3.63, 3.8) is 0 Å². The number of ketones is 1. The largest absolute Gasteiger partial charge is 1.00 e. The van der Waals surface area contributed by atoms with Crippen molar-refractivity contribution in [3.8, 4) is 22.3 Å². The Morgan fingerprint density at radius 2 is 0.731 bits per heavy atom. The van der Waals surface area contributed by atoms with E-state index in [4.69, 9.17) is 0 Å². The molecular formula is C45H32Br4LiO2-. The number of benzene rings is 7. The topological polar surface area (TPSA) is 37.3 Å². The van der Waals surface area contributed by atoms with Gasteiger partial charge in [-0.15, -0.1) is 0 Å². The number of aliphatic hydroxyl groups is 1. The quantitative estimate of drug-likeness (QED) is 0.132. The standard InChI is InChI=1S/C19H13BrO.C13H8O.C6H4Br2.C6H4Br.CH3.Li/c20-14-11-9-13(10-12-14)19(21)17-7-3-1-5-15(17)16-6-2-4-8-18(16)19;14-13-11-7-3-1-5-9(11)10-6-2-4-8-12(10)13;7-5-1-2-6(8)4-3-5;7-6-4-2-1-3-5-6;;/h1-12,21H;1-8H;1-4H;2-5H;1H3;/q;;;2*-1;+1. The van der Waals surface area contributed by atoms with Crippen molar-refractivity contribution in [2.45, 2.75) is 5.60 Å². The van der Waals surface area contributed by atoms with Crippen LogP contribution < -0.4 is 18.9 Å². The van der Waals surface area contributed by atoms with Crippen molar-refractivity contribution < 1.29 is 28.8 Å². The molecule has 0 aromatic heterocycles. The van der Waals surface area contributed by atoms with E-state index < -0.39 is 5.60 Å². The minimum Gasteiger partial charge on any atom is -0.376 e. The van der Waals surface area contributed by atoms with Gasteiger partial charge in [-0.2, -0.15) is 30.3 Å². The Morgan fingerprint density at radius 3 is 1.10 bits per heavy atom. The van der Waals surface area contributed by atoms with Crippen molar-refractivity contribution in [2.75, 3.05) is 0 Å². The molecule has 0 atom stereocenters. The Labute approximate surface area is 352 Å². The minimum absolute atomic E-state index is 0.